The fourth-order valence-corrected chi connectivity index (χ4v) is 4.82. The van der Waals surface area contributed by atoms with Crippen molar-refractivity contribution in [3.63, 3.8) is 0 Å². The van der Waals surface area contributed by atoms with Crippen LogP contribution >= 0.6 is 0 Å². The molecule has 0 aromatic heterocycles. The largest absolute Gasteiger partial charge is 0.495 e. The van der Waals surface area contributed by atoms with Crippen LogP contribution in [0.1, 0.15) is 30.1 Å². The van der Waals surface area contributed by atoms with E-state index < -0.39 is 26.0 Å². The van der Waals surface area contributed by atoms with Crippen LogP contribution in [0.15, 0.2) is 52.3 Å². The van der Waals surface area contributed by atoms with Crippen molar-refractivity contribution in [3.8, 4) is 5.75 Å². The number of unbranched alkanes of at least 4 members (excludes halogenated alkanes) is 1. The Morgan fingerprint density at radius 2 is 1.77 bits per heavy atom. The van der Waals surface area contributed by atoms with Crippen LogP contribution in [-0.2, 0) is 20.0 Å². The zero-order valence-corrected chi connectivity index (χ0v) is 19.5. The average Bonchev–Trinajstić information content (AvgIpc) is 2.73. The first kappa shape index (κ1) is 24.8. The molecule has 0 aliphatic heterocycles. The number of benzene rings is 2. The fraction of sp³-hybridized carbons (Fsp3) is 0.350. The number of nitrogens with zero attached hydrogens (tertiary/aromatic N) is 1. The number of nitrogens with one attached hydrogen (secondary N) is 2. The standard InChI is InChI=1S/C20H27N3O6S2/c1-5-6-12-21-30(25,26)17-9-7-8-16(14-17)22-20(24)15-10-11-18(29-4)19(13-15)31(27,28)23(2)3/h7-11,13-14,21H,5-6,12H2,1-4H3,(H,22,24). The Morgan fingerprint density at radius 3 is 2.39 bits per heavy atom. The Morgan fingerprint density at radius 1 is 1.06 bits per heavy atom. The van der Waals surface area contributed by atoms with E-state index in [0.29, 0.717) is 13.0 Å². The number of carbonyl (C=O) groups excluding carboxylic acids is 1. The molecule has 0 unspecified atom stereocenters. The van der Waals surface area contributed by atoms with Gasteiger partial charge >= 0.3 is 0 Å². The lowest BCUT2D eigenvalue weighted by Gasteiger charge is -2.15. The predicted molar refractivity (Wildman–Crippen MR) is 118 cm³/mol. The van der Waals surface area contributed by atoms with Crippen molar-refractivity contribution in [3.05, 3.63) is 48.0 Å². The molecular weight excluding hydrogens is 442 g/mol. The number of ether oxygens (including phenoxy) is 1. The molecule has 0 saturated carbocycles. The first-order chi connectivity index (χ1) is 14.5. The molecule has 170 valence electrons. The minimum Gasteiger partial charge on any atom is -0.495 e. The number of hydrogen-bond acceptors (Lipinski definition) is 6. The Kier molecular flexibility index (Phi) is 8.18. The molecule has 0 aliphatic carbocycles. The van der Waals surface area contributed by atoms with E-state index in [1.807, 2.05) is 6.92 Å². The fourth-order valence-electron chi connectivity index (χ4n) is 2.63. The van der Waals surface area contributed by atoms with Crippen molar-refractivity contribution in [1.82, 2.24) is 9.03 Å². The van der Waals surface area contributed by atoms with Crippen molar-refractivity contribution < 1.29 is 26.4 Å². The van der Waals surface area contributed by atoms with Gasteiger partial charge in [0.15, 0.2) is 0 Å². The molecule has 2 rings (SSSR count). The van der Waals surface area contributed by atoms with Gasteiger partial charge in [-0.1, -0.05) is 19.4 Å². The van der Waals surface area contributed by atoms with E-state index in [9.17, 15) is 21.6 Å². The molecule has 0 radical (unpaired) electrons. The van der Waals surface area contributed by atoms with E-state index in [1.54, 1.807) is 6.07 Å². The van der Waals surface area contributed by atoms with Crippen molar-refractivity contribution in [2.75, 3.05) is 33.1 Å². The van der Waals surface area contributed by atoms with E-state index in [-0.39, 0.29) is 26.8 Å². The average molecular weight is 470 g/mol. The third kappa shape index (κ3) is 6.03. The summed E-state index contributed by atoms with van der Waals surface area (Å²) < 4.78 is 58.5. The molecule has 0 spiro atoms. The minimum atomic E-state index is -3.85. The molecule has 0 fully saturated rings. The number of methoxy groups -OCH3 is 1. The summed E-state index contributed by atoms with van der Waals surface area (Å²) >= 11 is 0. The number of rotatable bonds is 10. The lowest BCUT2D eigenvalue weighted by atomic mass is 10.2. The van der Waals surface area contributed by atoms with Gasteiger partial charge in [-0.2, -0.15) is 0 Å². The third-order valence-electron chi connectivity index (χ3n) is 4.41. The molecule has 2 aromatic rings. The molecule has 2 aromatic carbocycles. The Labute approximate surface area is 183 Å². The van der Waals surface area contributed by atoms with Gasteiger partial charge in [-0.25, -0.2) is 25.9 Å². The predicted octanol–water partition coefficient (Wildman–Crippen LogP) is 2.28. The molecule has 0 atom stereocenters. The number of anilines is 1. The van der Waals surface area contributed by atoms with Crippen LogP contribution < -0.4 is 14.8 Å². The van der Waals surface area contributed by atoms with Crippen LogP contribution in [0, 0.1) is 0 Å². The van der Waals surface area contributed by atoms with Crippen molar-refractivity contribution in [2.24, 2.45) is 0 Å². The van der Waals surface area contributed by atoms with Gasteiger partial charge in [-0.05, 0) is 42.8 Å². The number of sulfonamides is 2. The van der Waals surface area contributed by atoms with Crippen molar-refractivity contribution >= 4 is 31.6 Å². The Bertz CT molecular complexity index is 1150. The summed E-state index contributed by atoms with van der Waals surface area (Å²) in [5, 5.41) is 2.60. The molecule has 2 N–H and O–H groups in total. The molecule has 1 amide bonds. The highest BCUT2D eigenvalue weighted by molar-refractivity contribution is 7.89. The van der Waals surface area contributed by atoms with Gasteiger partial charge in [0.2, 0.25) is 20.0 Å². The molecule has 0 heterocycles. The summed E-state index contributed by atoms with van der Waals surface area (Å²) in [6.07, 6.45) is 1.57. The Balaban J connectivity index is 2.30. The maximum atomic E-state index is 12.7. The van der Waals surface area contributed by atoms with E-state index >= 15 is 0 Å². The van der Waals surface area contributed by atoms with E-state index in [1.165, 1.54) is 57.6 Å². The van der Waals surface area contributed by atoms with E-state index in [4.69, 9.17) is 4.74 Å². The quantitative estimate of drug-likeness (QED) is 0.515. The van der Waals surface area contributed by atoms with Crippen LogP contribution in [0.3, 0.4) is 0 Å². The summed E-state index contributed by atoms with van der Waals surface area (Å²) in [6.45, 7) is 2.28. The van der Waals surface area contributed by atoms with Crippen LogP contribution in [0.2, 0.25) is 0 Å². The smallest absolute Gasteiger partial charge is 0.255 e. The summed E-state index contributed by atoms with van der Waals surface area (Å²) in [5.74, 6) is -0.483. The second-order valence-electron chi connectivity index (χ2n) is 6.89. The van der Waals surface area contributed by atoms with Crippen molar-refractivity contribution in [2.45, 2.75) is 29.6 Å². The maximum absolute atomic E-state index is 12.7. The van der Waals surface area contributed by atoms with Crippen molar-refractivity contribution in [1.29, 1.82) is 0 Å². The lowest BCUT2D eigenvalue weighted by Crippen LogP contribution is -2.25. The highest BCUT2D eigenvalue weighted by Gasteiger charge is 2.24. The van der Waals surface area contributed by atoms with Gasteiger partial charge in [-0.3, -0.25) is 4.79 Å². The van der Waals surface area contributed by atoms with Crippen LogP contribution in [0.5, 0.6) is 5.75 Å². The summed E-state index contributed by atoms with van der Waals surface area (Å²) in [7, 11) is -3.46. The maximum Gasteiger partial charge on any atom is 0.255 e. The number of hydrogen-bond donors (Lipinski definition) is 2. The van der Waals surface area contributed by atoms with Gasteiger partial charge < -0.3 is 10.1 Å². The van der Waals surface area contributed by atoms with Gasteiger partial charge in [0.05, 0.1) is 12.0 Å². The first-order valence-corrected chi connectivity index (χ1v) is 12.5. The topological polar surface area (TPSA) is 122 Å². The normalized spacial score (nSPS) is 12.0. The molecule has 11 heteroatoms. The van der Waals surface area contributed by atoms with Crippen LogP contribution in [0.4, 0.5) is 5.69 Å². The molecule has 0 aliphatic rings. The summed E-state index contributed by atoms with van der Waals surface area (Å²) in [5.41, 5.74) is 0.340. The third-order valence-corrected chi connectivity index (χ3v) is 7.70. The summed E-state index contributed by atoms with van der Waals surface area (Å²) in [4.78, 5) is 12.6. The highest BCUT2D eigenvalue weighted by Crippen LogP contribution is 2.27. The van der Waals surface area contributed by atoms with E-state index in [0.717, 1.165) is 10.7 Å². The molecular formula is C20H27N3O6S2. The minimum absolute atomic E-state index is 0.0204. The van der Waals surface area contributed by atoms with E-state index in [2.05, 4.69) is 10.0 Å². The lowest BCUT2D eigenvalue weighted by molar-refractivity contribution is 0.102. The van der Waals surface area contributed by atoms with Crippen LogP contribution in [-0.4, -0.2) is 54.8 Å². The summed E-state index contributed by atoms with van der Waals surface area (Å²) in [6, 6.07) is 9.87. The molecule has 0 saturated heterocycles. The number of amides is 1. The Hall–Kier alpha value is -2.47. The number of carbonyl (C=O) groups is 1. The monoisotopic (exact) mass is 469 g/mol. The van der Waals surface area contributed by atoms with Crippen LogP contribution in [0.25, 0.3) is 0 Å². The highest BCUT2D eigenvalue weighted by atomic mass is 32.2. The molecule has 9 nitrogen and oxygen atoms in total. The second kappa shape index (κ2) is 10.2. The van der Waals surface area contributed by atoms with Gasteiger partial charge in [0.1, 0.15) is 10.6 Å². The zero-order valence-electron chi connectivity index (χ0n) is 17.9. The zero-order chi connectivity index (χ0) is 23.2. The van der Waals surface area contributed by atoms with Gasteiger partial charge in [0, 0.05) is 31.9 Å². The first-order valence-electron chi connectivity index (χ1n) is 9.54. The molecule has 0 bridgehead atoms. The molecule has 31 heavy (non-hydrogen) atoms. The second-order valence-corrected chi connectivity index (χ2v) is 10.8. The van der Waals surface area contributed by atoms with Gasteiger partial charge in [0.25, 0.3) is 5.91 Å². The SMILES string of the molecule is CCCCNS(=O)(=O)c1cccc(NC(=O)c2ccc(OC)c(S(=O)(=O)N(C)C)c2)c1. The van der Waals surface area contributed by atoms with Gasteiger partial charge in [-0.15, -0.1) is 0 Å².